The molecule has 0 aliphatic carbocycles. The average molecular weight is 480 g/mol. The summed E-state index contributed by atoms with van der Waals surface area (Å²) in [6, 6.07) is 19.6. The molecule has 1 aliphatic rings. The van der Waals surface area contributed by atoms with Crippen LogP contribution in [0.2, 0.25) is 0 Å². The lowest BCUT2D eigenvalue weighted by Gasteiger charge is -2.30. The normalized spacial score (nSPS) is 20.3. The molecule has 6 nitrogen and oxygen atoms in total. The van der Waals surface area contributed by atoms with E-state index in [2.05, 4.69) is 55.7 Å². The summed E-state index contributed by atoms with van der Waals surface area (Å²) in [5.74, 6) is 0.903. The second kappa shape index (κ2) is 13.3. The Hall–Kier alpha value is -2.86. The Kier molecular flexibility index (Phi) is 10.2. The zero-order chi connectivity index (χ0) is 25.2. The molecular weight excluding hydrogens is 438 g/mol. The van der Waals surface area contributed by atoms with Crippen molar-refractivity contribution in [3.05, 3.63) is 71.8 Å². The molecule has 6 heteroatoms. The maximum Gasteiger partial charge on any atom is 0.404 e. The molecular formula is C29H41N3O3. The van der Waals surface area contributed by atoms with Gasteiger partial charge in [-0.2, -0.15) is 0 Å². The highest BCUT2D eigenvalue weighted by Crippen LogP contribution is 2.24. The quantitative estimate of drug-likeness (QED) is 0.421. The Morgan fingerprint density at radius 3 is 2.37 bits per heavy atom. The van der Waals surface area contributed by atoms with Gasteiger partial charge in [-0.05, 0) is 49.1 Å². The summed E-state index contributed by atoms with van der Waals surface area (Å²) in [6.07, 6.45) is 2.89. The summed E-state index contributed by atoms with van der Waals surface area (Å²) in [7, 11) is 0. The number of carbonyl (C=O) groups is 2. The first kappa shape index (κ1) is 26.7. The van der Waals surface area contributed by atoms with E-state index in [9.17, 15) is 14.7 Å². The van der Waals surface area contributed by atoms with Gasteiger partial charge in [0.05, 0.1) is 12.1 Å². The first-order chi connectivity index (χ1) is 16.9. The lowest BCUT2D eigenvalue weighted by Crippen LogP contribution is -2.54. The molecule has 0 saturated carbocycles. The Morgan fingerprint density at radius 1 is 1.11 bits per heavy atom. The number of hydrogen-bond donors (Lipinski definition) is 3. The van der Waals surface area contributed by atoms with Crippen LogP contribution in [0, 0.1) is 5.92 Å². The van der Waals surface area contributed by atoms with Crippen LogP contribution in [-0.4, -0.2) is 53.2 Å². The van der Waals surface area contributed by atoms with Gasteiger partial charge in [0.1, 0.15) is 0 Å². The highest BCUT2D eigenvalue weighted by atomic mass is 16.4. The predicted octanol–water partition coefficient (Wildman–Crippen LogP) is 5.05. The van der Waals surface area contributed by atoms with Crippen molar-refractivity contribution in [3.63, 3.8) is 0 Å². The highest BCUT2D eigenvalue weighted by molar-refractivity contribution is 5.82. The van der Waals surface area contributed by atoms with Gasteiger partial charge in [-0.15, -0.1) is 0 Å². The summed E-state index contributed by atoms with van der Waals surface area (Å²) in [5.41, 5.74) is 2.33. The molecule has 1 heterocycles. The van der Waals surface area contributed by atoms with E-state index in [1.165, 1.54) is 5.56 Å². The van der Waals surface area contributed by atoms with E-state index in [-0.39, 0.29) is 30.0 Å². The van der Waals surface area contributed by atoms with Crippen LogP contribution in [-0.2, 0) is 11.2 Å². The van der Waals surface area contributed by atoms with Crippen LogP contribution >= 0.6 is 0 Å². The molecule has 2 amide bonds. The molecule has 0 radical (unpaired) electrons. The third-order valence-electron chi connectivity index (χ3n) is 7.07. The molecule has 1 unspecified atom stereocenters. The molecule has 2 aromatic carbocycles. The van der Waals surface area contributed by atoms with Crippen LogP contribution in [0.4, 0.5) is 4.79 Å². The van der Waals surface area contributed by atoms with Gasteiger partial charge >= 0.3 is 6.09 Å². The number of carbonyl (C=O) groups excluding carboxylic acids is 1. The predicted molar refractivity (Wildman–Crippen MR) is 141 cm³/mol. The average Bonchev–Trinajstić information content (AvgIpc) is 3.00. The van der Waals surface area contributed by atoms with Crippen molar-refractivity contribution in [3.8, 4) is 0 Å². The summed E-state index contributed by atoms with van der Waals surface area (Å²) in [4.78, 5) is 27.4. The topological polar surface area (TPSA) is 81.7 Å². The van der Waals surface area contributed by atoms with E-state index in [0.717, 1.165) is 24.8 Å². The Balaban J connectivity index is 1.82. The molecule has 3 N–H and O–H groups in total. The van der Waals surface area contributed by atoms with E-state index in [1.54, 1.807) is 0 Å². The first-order valence-corrected chi connectivity index (χ1v) is 13.0. The molecule has 0 bridgehead atoms. The first-order valence-electron chi connectivity index (χ1n) is 13.0. The largest absolute Gasteiger partial charge is 0.465 e. The number of amides is 2. The van der Waals surface area contributed by atoms with Crippen molar-refractivity contribution in [1.29, 1.82) is 0 Å². The van der Waals surface area contributed by atoms with Crippen LogP contribution in [0.25, 0.3) is 0 Å². The monoisotopic (exact) mass is 479 g/mol. The van der Waals surface area contributed by atoms with Crippen LogP contribution in [0.5, 0.6) is 0 Å². The van der Waals surface area contributed by atoms with Crippen molar-refractivity contribution < 1.29 is 14.7 Å². The van der Waals surface area contributed by atoms with Gasteiger partial charge in [0, 0.05) is 25.0 Å². The van der Waals surface area contributed by atoms with Crippen LogP contribution in [0.3, 0.4) is 0 Å². The maximum absolute atomic E-state index is 13.7. The molecule has 190 valence electrons. The Morgan fingerprint density at radius 2 is 1.77 bits per heavy atom. The molecule has 3 rings (SSSR count). The van der Waals surface area contributed by atoms with Crippen molar-refractivity contribution >= 4 is 12.0 Å². The smallest absolute Gasteiger partial charge is 0.404 e. The number of nitrogens with one attached hydrogen (secondary N) is 2. The third-order valence-corrected chi connectivity index (χ3v) is 7.07. The number of hydrogen-bond acceptors (Lipinski definition) is 3. The molecule has 1 aliphatic heterocycles. The Bertz CT molecular complexity index is 919. The lowest BCUT2D eigenvalue weighted by molar-refractivity contribution is -0.133. The summed E-state index contributed by atoms with van der Waals surface area (Å²) in [6.45, 7) is 7.81. The van der Waals surface area contributed by atoms with E-state index < -0.39 is 6.09 Å². The SMILES string of the molecule is CC[C@H](CN1CC[C@@H](C(Cc2ccccc2)NC(=O)O)N[C@@H](CCC(C)C)C1=O)c1ccccc1. The van der Waals surface area contributed by atoms with E-state index in [1.807, 2.05) is 41.3 Å². The number of nitrogens with zero attached hydrogens (tertiary/aromatic N) is 1. The van der Waals surface area contributed by atoms with Crippen molar-refractivity contribution in [1.82, 2.24) is 15.5 Å². The fraction of sp³-hybridized carbons (Fsp3) is 0.517. The van der Waals surface area contributed by atoms with Gasteiger partial charge in [0.25, 0.3) is 0 Å². The molecule has 35 heavy (non-hydrogen) atoms. The second-order valence-corrected chi connectivity index (χ2v) is 10.1. The van der Waals surface area contributed by atoms with Gasteiger partial charge in [-0.25, -0.2) is 4.79 Å². The molecule has 1 fully saturated rings. The molecule has 1 saturated heterocycles. The lowest BCUT2D eigenvalue weighted by atomic mass is 9.95. The fourth-order valence-corrected chi connectivity index (χ4v) is 5.03. The summed E-state index contributed by atoms with van der Waals surface area (Å²) in [5, 5.41) is 15.9. The van der Waals surface area contributed by atoms with E-state index in [4.69, 9.17) is 0 Å². The van der Waals surface area contributed by atoms with Crippen LogP contribution in [0.1, 0.15) is 63.5 Å². The van der Waals surface area contributed by atoms with Crippen molar-refractivity contribution in [2.75, 3.05) is 13.1 Å². The minimum absolute atomic E-state index is 0.130. The standard InChI is InChI=1S/C29H41N3O3/c1-4-23(24-13-9-6-10-14-24)20-32-18-17-25(30-26(28(32)33)16-15-21(2)3)27(31-29(34)35)19-22-11-7-5-8-12-22/h5-14,21,23,25-27,30-31H,4,15-20H2,1-3H3,(H,34,35)/t23-,25+,26+,27?/m1/s1. The molecule has 2 aromatic rings. The number of carboxylic acid groups (broad SMARTS) is 1. The highest BCUT2D eigenvalue weighted by Gasteiger charge is 2.35. The minimum atomic E-state index is -1.03. The zero-order valence-corrected chi connectivity index (χ0v) is 21.3. The fourth-order valence-electron chi connectivity index (χ4n) is 5.03. The van der Waals surface area contributed by atoms with E-state index in [0.29, 0.717) is 31.8 Å². The summed E-state index contributed by atoms with van der Waals surface area (Å²) >= 11 is 0. The third kappa shape index (κ3) is 8.10. The molecule has 0 spiro atoms. The van der Waals surface area contributed by atoms with Gasteiger partial charge in [0.2, 0.25) is 5.91 Å². The maximum atomic E-state index is 13.7. The van der Waals surface area contributed by atoms with E-state index >= 15 is 0 Å². The minimum Gasteiger partial charge on any atom is -0.465 e. The van der Waals surface area contributed by atoms with Gasteiger partial charge in [-0.1, -0.05) is 81.4 Å². The number of rotatable bonds is 11. The van der Waals surface area contributed by atoms with Crippen LogP contribution in [0.15, 0.2) is 60.7 Å². The summed E-state index contributed by atoms with van der Waals surface area (Å²) < 4.78 is 0. The van der Waals surface area contributed by atoms with Gasteiger partial charge < -0.3 is 20.6 Å². The van der Waals surface area contributed by atoms with Crippen molar-refractivity contribution in [2.24, 2.45) is 5.92 Å². The second-order valence-electron chi connectivity index (χ2n) is 10.1. The number of benzene rings is 2. The molecule has 0 aromatic heterocycles. The van der Waals surface area contributed by atoms with Gasteiger partial charge in [0.15, 0.2) is 0 Å². The van der Waals surface area contributed by atoms with Crippen LogP contribution < -0.4 is 10.6 Å². The Labute approximate surface area is 210 Å². The zero-order valence-electron chi connectivity index (χ0n) is 21.3. The molecule has 4 atom stereocenters. The van der Waals surface area contributed by atoms with Crippen molar-refractivity contribution in [2.45, 2.75) is 76.9 Å². The van der Waals surface area contributed by atoms with Gasteiger partial charge in [-0.3, -0.25) is 4.79 Å².